The molecular weight excluding hydrogens is 285 g/mol. The van der Waals surface area contributed by atoms with Crippen molar-refractivity contribution in [3.63, 3.8) is 0 Å². The fraction of sp³-hybridized carbons (Fsp3) is 0.333. The number of nitrogens with two attached hydrogens (primary N) is 1. The molecule has 0 bridgehead atoms. The van der Waals surface area contributed by atoms with Gasteiger partial charge in [0.05, 0.1) is 11.1 Å². The van der Waals surface area contributed by atoms with Gasteiger partial charge in [-0.25, -0.2) is 4.39 Å². The Kier molecular flexibility index (Phi) is 4.70. The SMILES string of the molecule is CCC(C)(C)c1ccc(C(N)c2cccc(Cl)c2F)cc1. The van der Waals surface area contributed by atoms with Crippen molar-refractivity contribution in [1.29, 1.82) is 0 Å². The minimum atomic E-state index is -0.512. The van der Waals surface area contributed by atoms with Crippen LogP contribution in [0.5, 0.6) is 0 Å². The molecule has 0 spiro atoms. The smallest absolute Gasteiger partial charge is 0.146 e. The van der Waals surface area contributed by atoms with Crippen LogP contribution in [-0.2, 0) is 5.41 Å². The van der Waals surface area contributed by atoms with Gasteiger partial charge in [-0.2, -0.15) is 0 Å². The Balaban J connectivity index is 2.32. The molecule has 0 fully saturated rings. The van der Waals surface area contributed by atoms with E-state index in [9.17, 15) is 4.39 Å². The lowest BCUT2D eigenvalue weighted by molar-refractivity contribution is 0.506. The molecule has 0 aliphatic rings. The average Bonchev–Trinajstić information content (AvgIpc) is 2.49. The standard InChI is InChI=1S/C18H21ClFN/c1-4-18(2,3)13-10-8-12(9-11-13)17(21)14-6-5-7-15(19)16(14)20/h5-11,17H,4,21H2,1-3H3. The Labute approximate surface area is 130 Å². The molecule has 1 atom stereocenters. The molecule has 2 aromatic rings. The van der Waals surface area contributed by atoms with Crippen molar-refractivity contribution < 1.29 is 4.39 Å². The first kappa shape index (κ1) is 16.0. The molecule has 0 saturated heterocycles. The maximum Gasteiger partial charge on any atom is 0.146 e. The molecule has 1 nitrogen and oxygen atoms in total. The predicted molar refractivity (Wildman–Crippen MR) is 87.2 cm³/mol. The lowest BCUT2D eigenvalue weighted by Crippen LogP contribution is -2.17. The van der Waals surface area contributed by atoms with E-state index >= 15 is 0 Å². The van der Waals surface area contributed by atoms with Gasteiger partial charge in [-0.15, -0.1) is 0 Å². The highest BCUT2D eigenvalue weighted by molar-refractivity contribution is 6.30. The van der Waals surface area contributed by atoms with Gasteiger partial charge < -0.3 is 5.73 Å². The number of hydrogen-bond acceptors (Lipinski definition) is 1. The van der Waals surface area contributed by atoms with E-state index in [4.69, 9.17) is 17.3 Å². The Hall–Kier alpha value is -1.38. The summed E-state index contributed by atoms with van der Waals surface area (Å²) in [5.41, 5.74) is 8.87. The monoisotopic (exact) mass is 305 g/mol. The molecule has 0 aliphatic carbocycles. The maximum absolute atomic E-state index is 14.0. The molecule has 0 amide bonds. The van der Waals surface area contributed by atoms with E-state index in [-0.39, 0.29) is 10.4 Å². The van der Waals surface area contributed by atoms with Crippen LogP contribution in [0.15, 0.2) is 42.5 Å². The van der Waals surface area contributed by atoms with Crippen LogP contribution in [0, 0.1) is 5.82 Å². The highest BCUT2D eigenvalue weighted by Crippen LogP contribution is 2.30. The van der Waals surface area contributed by atoms with Gasteiger partial charge in [-0.3, -0.25) is 0 Å². The molecular formula is C18H21ClFN. The zero-order valence-electron chi connectivity index (χ0n) is 12.7. The molecule has 0 aromatic heterocycles. The summed E-state index contributed by atoms with van der Waals surface area (Å²) < 4.78 is 14.0. The second-order valence-corrected chi connectivity index (χ2v) is 6.39. The third-order valence-corrected chi connectivity index (χ3v) is 4.54. The quantitative estimate of drug-likeness (QED) is 0.824. The molecule has 2 rings (SSSR count). The molecule has 0 saturated carbocycles. The Bertz CT molecular complexity index is 620. The van der Waals surface area contributed by atoms with Crippen molar-refractivity contribution in [2.75, 3.05) is 0 Å². The lowest BCUT2D eigenvalue weighted by Gasteiger charge is -2.24. The summed E-state index contributed by atoms with van der Waals surface area (Å²) in [5.74, 6) is -0.440. The highest BCUT2D eigenvalue weighted by Gasteiger charge is 2.19. The van der Waals surface area contributed by atoms with Crippen LogP contribution in [-0.4, -0.2) is 0 Å². The lowest BCUT2D eigenvalue weighted by atomic mass is 9.81. The zero-order chi connectivity index (χ0) is 15.6. The summed E-state index contributed by atoms with van der Waals surface area (Å²) in [6.45, 7) is 6.58. The highest BCUT2D eigenvalue weighted by atomic mass is 35.5. The molecule has 0 radical (unpaired) electrons. The largest absolute Gasteiger partial charge is 0.320 e. The molecule has 0 aliphatic heterocycles. The van der Waals surface area contributed by atoms with E-state index in [0.717, 1.165) is 12.0 Å². The molecule has 2 N–H and O–H groups in total. The summed E-state index contributed by atoms with van der Waals surface area (Å²) in [4.78, 5) is 0. The van der Waals surface area contributed by atoms with Gasteiger partial charge in [-0.05, 0) is 29.0 Å². The van der Waals surface area contributed by atoms with Gasteiger partial charge in [0.25, 0.3) is 0 Å². The van der Waals surface area contributed by atoms with E-state index in [0.29, 0.717) is 5.56 Å². The van der Waals surface area contributed by atoms with E-state index < -0.39 is 11.9 Å². The first-order chi connectivity index (χ1) is 9.86. The van der Waals surface area contributed by atoms with Crippen molar-refractivity contribution in [3.8, 4) is 0 Å². The molecule has 3 heteroatoms. The van der Waals surface area contributed by atoms with Crippen LogP contribution in [0.25, 0.3) is 0 Å². The summed E-state index contributed by atoms with van der Waals surface area (Å²) in [6, 6.07) is 12.5. The summed E-state index contributed by atoms with van der Waals surface area (Å²) >= 11 is 5.82. The minimum absolute atomic E-state index is 0.103. The maximum atomic E-state index is 14.0. The topological polar surface area (TPSA) is 26.0 Å². The number of hydrogen-bond donors (Lipinski definition) is 1. The van der Waals surface area contributed by atoms with Gasteiger partial charge in [-0.1, -0.05) is 68.8 Å². The third kappa shape index (κ3) is 3.28. The molecule has 2 aromatic carbocycles. The first-order valence-electron chi connectivity index (χ1n) is 7.16. The predicted octanol–water partition coefficient (Wildman–Crippen LogP) is 5.21. The fourth-order valence-electron chi connectivity index (χ4n) is 2.29. The molecule has 0 heterocycles. The summed E-state index contributed by atoms with van der Waals surface area (Å²) in [7, 11) is 0. The van der Waals surface area contributed by atoms with Gasteiger partial charge in [0.1, 0.15) is 5.82 Å². The van der Waals surface area contributed by atoms with E-state index in [1.54, 1.807) is 12.1 Å². The van der Waals surface area contributed by atoms with Crippen LogP contribution in [0.4, 0.5) is 4.39 Å². The van der Waals surface area contributed by atoms with Gasteiger partial charge in [0, 0.05) is 5.56 Å². The van der Waals surface area contributed by atoms with E-state index in [2.05, 4.69) is 32.9 Å². The third-order valence-electron chi connectivity index (χ3n) is 4.25. The van der Waals surface area contributed by atoms with Gasteiger partial charge in [0.2, 0.25) is 0 Å². The molecule has 112 valence electrons. The molecule has 1 unspecified atom stereocenters. The second-order valence-electron chi connectivity index (χ2n) is 5.98. The van der Waals surface area contributed by atoms with E-state index in [1.165, 1.54) is 11.6 Å². The van der Waals surface area contributed by atoms with Gasteiger partial charge in [0.15, 0.2) is 0 Å². The van der Waals surface area contributed by atoms with Crippen LogP contribution < -0.4 is 5.73 Å². The normalized spacial score (nSPS) is 13.2. The zero-order valence-corrected chi connectivity index (χ0v) is 13.4. The summed E-state index contributed by atoms with van der Waals surface area (Å²) in [6.07, 6.45) is 1.06. The van der Waals surface area contributed by atoms with Crippen LogP contribution in [0.2, 0.25) is 5.02 Å². The number of rotatable bonds is 4. The van der Waals surface area contributed by atoms with Crippen molar-refractivity contribution in [2.24, 2.45) is 5.73 Å². The van der Waals surface area contributed by atoms with Crippen molar-refractivity contribution in [1.82, 2.24) is 0 Å². The fourth-order valence-corrected chi connectivity index (χ4v) is 2.47. The van der Waals surface area contributed by atoms with Crippen LogP contribution in [0.3, 0.4) is 0 Å². The molecule has 21 heavy (non-hydrogen) atoms. The van der Waals surface area contributed by atoms with Gasteiger partial charge >= 0.3 is 0 Å². The van der Waals surface area contributed by atoms with Crippen LogP contribution in [0.1, 0.15) is 49.9 Å². The number of halogens is 2. The minimum Gasteiger partial charge on any atom is -0.320 e. The Morgan fingerprint density at radius 2 is 1.76 bits per heavy atom. The van der Waals surface area contributed by atoms with Crippen molar-refractivity contribution in [3.05, 3.63) is 70.0 Å². The van der Waals surface area contributed by atoms with E-state index in [1.807, 2.05) is 12.1 Å². The second kappa shape index (κ2) is 6.17. The Morgan fingerprint density at radius 1 is 1.14 bits per heavy atom. The van der Waals surface area contributed by atoms with Crippen molar-refractivity contribution >= 4 is 11.6 Å². The first-order valence-corrected chi connectivity index (χ1v) is 7.54. The summed E-state index contributed by atoms with van der Waals surface area (Å²) in [5, 5.41) is 0.103. The van der Waals surface area contributed by atoms with Crippen molar-refractivity contribution in [2.45, 2.75) is 38.6 Å². The Morgan fingerprint density at radius 3 is 2.33 bits per heavy atom. The number of benzene rings is 2. The average molecular weight is 306 g/mol. The van der Waals surface area contributed by atoms with Crippen LogP contribution >= 0.6 is 11.6 Å².